The van der Waals surface area contributed by atoms with Crippen LogP contribution in [0.5, 0.6) is 0 Å². The molecule has 1 aromatic heterocycles. The molecule has 6 nitrogen and oxygen atoms in total. The van der Waals surface area contributed by atoms with E-state index in [4.69, 9.17) is 9.26 Å². The molecule has 2 aliphatic heterocycles. The highest BCUT2D eigenvalue weighted by molar-refractivity contribution is 5.93. The summed E-state index contributed by atoms with van der Waals surface area (Å²) < 4.78 is 65.5. The molecule has 0 N–H and O–H groups in total. The molecule has 1 atom stereocenters. The third-order valence-electron chi connectivity index (χ3n) is 5.27. The predicted molar refractivity (Wildman–Crippen MR) is 92.1 cm³/mol. The number of carbonyl (C=O) groups is 1. The molecule has 1 unspecified atom stereocenters. The van der Waals surface area contributed by atoms with E-state index in [2.05, 4.69) is 10.1 Å². The van der Waals surface area contributed by atoms with Gasteiger partial charge in [-0.3, -0.25) is 4.79 Å². The fourth-order valence-corrected chi connectivity index (χ4v) is 3.57. The number of likely N-dealkylation sites (tertiary alicyclic amines) is 1. The van der Waals surface area contributed by atoms with Gasteiger partial charge in [0, 0.05) is 30.6 Å². The summed E-state index contributed by atoms with van der Waals surface area (Å²) in [6.45, 7) is -0.0477. The lowest BCUT2D eigenvalue weighted by Crippen LogP contribution is -2.46. The molecule has 0 spiro atoms. The van der Waals surface area contributed by atoms with Crippen LogP contribution in [-0.4, -0.2) is 53.4 Å². The molecule has 1 saturated heterocycles. The summed E-state index contributed by atoms with van der Waals surface area (Å²) in [4.78, 5) is 17.8. The molecular formula is C19H17F4N3O3. The molecule has 2 aliphatic rings. The average molecular weight is 411 g/mol. The van der Waals surface area contributed by atoms with E-state index in [0.29, 0.717) is 24.2 Å². The van der Waals surface area contributed by atoms with E-state index in [1.165, 1.54) is 17.0 Å². The van der Waals surface area contributed by atoms with Gasteiger partial charge in [0.25, 0.3) is 0 Å². The van der Waals surface area contributed by atoms with Gasteiger partial charge in [-0.25, -0.2) is 4.39 Å². The molecule has 1 amide bonds. The fraction of sp³-hybridized carbons (Fsp3) is 0.421. The summed E-state index contributed by atoms with van der Waals surface area (Å²) >= 11 is 0. The van der Waals surface area contributed by atoms with Crippen molar-refractivity contribution in [3.8, 4) is 11.4 Å². The molecule has 3 heterocycles. The zero-order chi connectivity index (χ0) is 20.6. The third kappa shape index (κ3) is 3.52. The minimum absolute atomic E-state index is 0.0689. The maximum absolute atomic E-state index is 14.1. The number of alkyl halides is 3. The lowest BCUT2D eigenvalue weighted by Gasteiger charge is -2.28. The Morgan fingerprint density at radius 2 is 1.97 bits per heavy atom. The van der Waals surface area contributed by atoms with Crippen LogP contribution in [-0.2, 0) is 14.9 Å². The molecule has 0 aliphatic carbocycles. The molecule has 2 aromatic rings. The average Bonchev–Trinajstić information content (AvgIpc) is 3.36. The minimum atomic E-state index is -4.70. The summed E-state index contributed by atoms with van der Waals surface area (Å²) in [5.74, 6) is -1.59. The van der Waals surface area contributed by atoms with Crippen molar-refractivity contribution < 1.29 is 31.6 Å². The molecule has 4 rings (SSSR count). The van der Waals surface area contributed by atoms with Crippen molar-refractivity contribution in [1.29, 1.82) is 0 Å². The Morgan fingerprint density at radius 1 is 1.21 bits per heavy atom. The Kier molecular flexibility index (Phi) is 4.89. The van der Waals surface area contributed by atoms with Crippen LogP contribution in [0.15, 0.2) is 40.4 Å². The van der Waals surface area contributed by atoms with Gasteiger partial charge in [0.2, 0.25) is 17.6 Å². The van der Waals surface area contributed by atoms with Crippen LogP contribution < -0.4 is 0 Å². The smallest absolute Gasteiger partial charge is 0.377 e. The number of hydrogen-bond donors (Lipinski definition) is 0. The van der Waals surface area contributed by atoms with Gasteiger partial charge in [0.15, 0.2) is 5.41 Å². The first kappa shape index (κ1) is 19.6. The SMILES string of the molecule is O=C(C1=CCOCC1)N1CCC(c2nc(-c3ccc(F)cc3)no2)(C(F)(F)F)C1. The number of ether oxygens (including phenoxy) is 1. The van der Waals surface area contributed by atoms with E-state index in [9.17, 15) is 22.4 Å². The number of amides is 1. The molecule has 0 radical (unpaired) electrons. The van der Waals surface area contributed by atoms with Crippen molar-refractivity contribution in [3.63, 3.8) is 0 Å². The maximum Gasteiger partial charge on any atom is 0.405 e. The predicted octanol–water partition coefficient (Wildman–Crippen LogP) is 3.25. The first-order valence-electron chi connectivity index (χ1n) is 9.03. The van der Waals surface area contributed by atoms with Crippen molar-refractivity contribution in [3.05, 3.63) is 47.6 Å². The van der Waals surface area contributed by atoms with Gasteiger partial charge in [-0.2, -0.15) is 18.2 Å². The topological polar surface area (TPSA) is 68.5 Å². The molecule has 0 bridgehead atoms. The summed E-state index contributed by atoms with van der Waals surface area (Å²) in [7, 11) is 0. The van der Waals surface area contributed by atoms with Crippen LogP contribution in [0.4, 0.5) is 17.6 Å². The van der Waals surface area contributed by atoms with E-state index in [1.54, 1.807) is 6.08 Å². The van der Waals surface area contributed by atoms with Crippen LogP contribution in [0.25, 0.3) is 11.4 Å². The Morgan fingerprint density at radius 3 is 2.62 bits per heavy atom. The van der Waals surface area contributed by atoms with Crippen LogP contribution in [0, 0.1) is 5.82 Å². The number of hydrogen-bond acceptors (Lipinski definition) is 5. The summed E-state index contributed by atoms with van der Waals surface area (Å²) in [5, 5.41) is 3.64. The van der Waals surface area contributed by atoms with Gasteiger partial charge in [-0.1, -0.05) is 11.2 Å². The number of benzene rings is 1. The van der Waals surface area contributed by atoms with Gasteiger partial charge in [-0.15, -0.1) is 0 Å². The highest BCUT2D eigenvalue weighted by Gasteiger charge is 2.63. The van der Waals surface area contributed by atoms with Crippen molar-refractivity contribution in [1.82, 2.24) is 15.0 Å². The van der Waals surface area contributed by atoms with Gasteiger partial charge in [0.1, 0.15) is 5.82 Å². The van der Waals surface area contributed by atoms with Crippen molar-refractivity contribution in [2.24, 2.45) is 0 Å². The number of nitrogens with zero attached hydrogens (tertiary/aromatic N) is 3. The van der Waals surface area contributed by atoms with E-state index in [1.807, 2.05) is 0 Å². The first-order chi connectivity index (χ1) is 13.8. The quantitative estimate of drug-likeness (QED) is 0.726. The van der Waals surface area contributed by atoms with E-state index in [0.717, 1.165) is 12.1 Å². The summed E-state index contributed by atoms with van der Waals surface area (Å²) in [6, 6.07) is 5.02. The number of carbonyl (C=O) groups excluding carboxylic acids is 1. The molecule has 1 fully saturated rings. The number of rotatable bonds is 3. The minimum Gasteiger partial charge on any atom is -0.377 e. The Bertz CT molecular complexity index is 939. The highest BCUT2D eigenvalue weighted by atomic mass is 19.4. The number of halogens is 4. The van der Waals surface area contributed by atoms with Crippen molar-refractivity contribution in [2.75, 3.05) is 26.3 Å². The van der Waals surface area contributed by atoms with E-state index in [-0.39, 0.29) is 25.4 Å². The maximum atomic E-state index is 14.1. The van der Waals surface area contributed by atoms with E-state index < -0.39 is 35.8 Å². The summed E-state index contributed by atoms with van der Waals surface area (Å²) in [6.07, 6.45) is -3.11. The lowest BCUT2D eigenvalue weighted by molar-refractivity contribution is -0.193. The van der Waals surface area contributed by atoms with Crippen LogP contribution in [0.2, 0.25) is 0 Å². The Hall–Kier alpha value is -2.75. The Labute approximate surface area is 163 Å². The molecule has 154 valence electrons. The number of aromatic nitrogens is 2. The van der Waals surface area contributed by atoms with Crippen LogP contribution in [0.1, 0.15) is 18.7 Å². The van der Waals surface area contributed by atoms with E-state index >= 15 is 0 Å². The van der Waals surface area contributed by atoms with Gasteiger partial charge < -0.3 is 14.2 Å². The van der Waals surface area contributed by atoms with Gasteiger partial charge in [0.05, 0.1) is 13.2 Å². The molecule has 1 aromatic carbocycles. The zero-order valence-corrected chi connectivity index (χ0v) is 15.2. The molecule has 10 heteroatoms. The van der Waals surface area contributed by atoms with Crippen LogP contribution in [0.3, 0.4) is 0 Å². The monoisotopic (exact) mass is 411 g/mol. The highest BCUT2D eigenvalue weighted by Crippen LogP contribution is 2.47. The first-order valence-corrected chi connectivity index (χ1v) is 9.03. The normalized spacial score (nSPS) is 22.6. The van der Waals surface area contributed by atoms with Crippen molar-refractivity contribution in [2.45, 2.75) is 24.4 Å². The van der Waals surface area contributed by atoms with Gasteiger partial charge >= 0.3 is 6.18 Å². The Balaban J connectivity index is 1.63. The molecule has 29 heavy (non-hydrogen) atoms. The van der Waals surface area contributed by atoms with Crippen molar-refractivity contribution >= 4 is 5.91 Å². The van der Waals surface area contributed by atoms with Crippen LogP contribution >= 0.6 is 0 Å². The lowest BCUT2D eigenvalue weighted by atomic mass is 9.86. The second-order valence-corrected chi connectivity index (χ2v) is 7.04. The summed E-state index contributed by atoms with van der Waals surface area (Å²) in [5.41, 5.74) is -1.66. The second kappa shape index (κ2) is 7.25. The largest absolute Gasteiger partial charge is 0.405 e. The molecular weight excluding hydrogens is 394 g/mol. The standard InChI is InChI=1S/C19H17F4N3O3/c20-14-3-1-12(2-4-14)15-24-17(29-25-15)18(19(21,22)23)7-8-26(11-18)16(27)13-5-9-28-10-6-13/h1-5H,6-11H2. The molecule has 0 saturated carbocycles. The fourth-order valence-electron chi connectivity index (χ4n) is 3.57. The van der Waals surface area contributed by atoms with Gasteiger partial charge in [-0.05, 0) is 30.7 Å². The third-order valence-corrected chi connectivity index (χ3v) is 5.27. The zero-order valence-electron chi connectivity index (χ0n) is 15.2. The second-order valence-electron chi connectivity index (χ2n) is 7.04.